The first-order valence-corrected chi connectivity index (χ1v) is 7.30. The fraction of sp³-hybridized carbons (Fsp3) is 0.571. The largest absolute Gasteiger partial charge is 0.504 e. The highest BCUT2D eigenvalue weighted by atomic mass is 79.9. The molecule has 0 unspecified atom stereocenters. The lowest BCUT2D eigenvalue weighted by Gasteiger charge is -2.38. The molecule has 0 saturated heterocycles. The first-order valence-electron chi connectivity index (χ1n) is 6.51. The van der Waals surface area contributed by atoms with Crippen molar-refractivity contribution in [2.45, 2.75) is 37.5 Å². The molecule has 3 N–H and O–H groups in total. The smallest absolute Gasteiger partial charge is 0.196 e. The predicted molar refractivity (Wildman–Crippen MR) is 76.1 cm³/mol. The number of benzene rings is 1. The number of aromatic hydroxyl groups is 1. The summed E-state index contributed by atoms with van der Waals surface area (Å²) in [6.07, 6.45) is 4.99. The van der Waals surface area contributed by atoms with E-state index in [1.54, 1.807) is 0 Å². The Morgan fingerprint density at radius 1 is 1.42 bits per heavy atom. The maximum absolute atomic E-state index is 14.6. The molecule has 1 saturated carbocycles. The molecule has 0 atom stereocenters. The van der Waals surface area contributed by atoms with Crippen molar-refractivity contribution in [3.05, 3.63) is 21.9 Å². The molecule has 1 aromatic rings. The first kappa shape index (κ1) is 14.6. The maximum atomic E-state index is 14.6. The van der Waals surface area contributed by atoms with Crippen molar-refractivity contribution in [1.82, 2.24) is 0 Å². The van der Waals surface area contributed by atoms with Crippen LogP contribution in [0.3, 0.4) is 0 Å². The van der Waals surface area contributed by atoms with E-state index in [0.717, 1.165) is 32.1 Å². The minimum Gasteiger partial charge on any atom is -0.504 e. The number of nitrogens with two attached hydrogens (primary N) is 1. The standard InChI is InChI=1S/C14H19BrFNO2/c1-19-13-10(18)7-9(15)11(12(13)16)14(8-17)5-3-2-4-6-14/h7,18H,2-6,8,17H2,1H3. The lowest BCUT2D eigenvalue weighted by atomic mass is 9.69. The van der Waals surface area contributed by atoms with E-state index in [-0.39, 0.29) is 16.9 Å². The van der Waals surface area contributed by atoms with Crippen molar-refractivity contribution in [3.8, 4) is 11.5 Å². The molecular formula is C14H19BrFNO2. The molecule has 0 amide bonds. The van der Waals surface area contributed by atoms with E-state index in [4.69, 9.17) is 10.5 Å². The molecule has 0 bridgehead atoms. The number of phenolic OH excluding ortho intramolecular Hbond substituents is 1. The number of ether oxygens (including phenoxy) is 1. The van der Waals surface area contributed by atoms with Gasteiger partial charge in [-0.2, -0.15) is 0 Å². The van der Waals surface area contributed by atoms with Crippen LogP contribution in [-0.4, -0.2) is 18.8 Å². The van der Waals surface area contributed by atoms with Crippen LogP contribution in [0.1, 0.15) is 37.7 Å². The minimum atomic E-state index is -0.498. The van der Waals surface area contributed by atoms with Crippen molar-refractivity contribution in [3.63, 3.8) is 0 Å². The molecule has 106 valence electrons. The van der Waals surface area contributed by atoms with E-state index in [0.29, 0.717) is 16.6 Å². The van der Waals surface area contributed by atoms with Gasteiger partial charge in [0.05, 0.1) is 7.11 Å². The SMILES string of the molecule is COc1c(O)cc(Br)c(C2(CN)CCCCC2)c1F. The molecule has 0 aliphatic heterocycles. The van der Waals surface area contributed by atoms with Crippen LogP contribution in [0.15, 0.2) is 10.5 Å². The van der Waals surface area contributed by atoms with E-state index < -0.39 is 5.82 Å². The lowest BCUT2D eigenvalue weighted by molar-refractivity contribution is 0.282. The molecule has 3 nitrogen and oxygen atoms in total. The number of hydrogen-bond donors (Lipinski definition) is 2. The van der Waals surface area contributed by atoms with Crippen LogP contribution in [-0.2, 0) is 5.41 Å². The van der Waals surface area contributed by atoms with E-state index in [1.165, 1.54) is 13.2 Å². The summed E-state index contributed by atoms with van der Waals surface area (Å²) in [5.41, 5.74) is 6.13. The molecule has 0 radical (unpaired) electrons. The minimum absolute atomic E-state index is 0.100. The van der Waals surface area contributed by atoms with Crippen LogP contribution in [0, 0.1) is 5.82 Å². The van der Waals surface area contributed by atoms with E-state index in [1.807, 2.05) is 0 Å². The van der Waals surface area contributed by atoms with Crippen LogP contribution < -0.4 is 10.5 Å². The number of phenols is 1. The highest BCUT2D eigenvalue weighted by Crippen LogP contribution is 2.47. The Morgan fingerprint density at radius 2 is 2.05 bits per heavy atom. The monoisotopic (exact) mass is 331 g/mol. The average molecular weight is 332 g/mol. The fourth-order valence-corrected chi connectivity index (χ4v) is 3.87. The van der Waals surface area contributed by atoms with Crippen molar-refractivity contribution in [1.29, 1.82) is 0 Å². The molecule has 1 aliphatic rings. The molecule has 5 heteroatoms. The fourth-order valence-electron chi connectivity index (χ4n) is 3.05. The number of hydrogen-bond acceptors (Lipinski definition) is 3. The summed E-state index contributed by atoms with van der Waals surface area (Å²) in [7, 11) is 1.35. The van der Waals surface area contributed by atoms with Crippen molar-refractivity contribution in [2.75, 3.05) is 13.7 Å². The second kappa shape index (κ2) is 5.67. The molecule has 0 heterocycles. The molecule has 19 heavy (non-hydrogen) atoms. The van der Waals surface area contributed by atoms with Gasteiger partial charge in [0.15, 0.2) is 17.3 Å². The van der Waals surface area contributed by atoms with Gasteiger partial charge in [-0.3, -0.25) is 0 Å². The number of rotatable bonds is 3. The van der Waals surface area contributed by atoms with Gasteiger partial charge < -0.3 is 15.6 Å². The van der Waals surface area contributed by atoms with E-state index in [2.05, 4.69) is 15.9 Å². The van der Waals surface area contributed by atoms with Gasteiger partial charge in [0, 0.05) is 22.0 Å². The van der Waals surface area contributed by atoms with Gasteiger partial charge in [-0.1, -0.05) is 35.2 Å². The summed E-state index contributed by atoms with van der Waals surface area (Å²) in [6.45, 7) is 0.399. The molecule has 1 aliphatic carbocycles. The van der Waals surface area contributed by atoms with Gasteiger partial charge >= 0.3 is 0 Å². The van der Waals surface area contributed by atoms with Crippen LogP contribution in [0.25, 0.3) is 0 Å². The normalized spacial score (nSPS) is 18.3. The zero-order valence-electron chi connectivity index (χ0n) is 11.0. The Hall–Kier alpha value is -0.810. The topological polar surface area (TPSA) is 55.5 Å². The van der Waals surface area contributed by atoms with E-state index >= 15 is 0 Å². The van der Waals surface area contributed by atoms with Crippen LogP contribution in [0.5, 0.6) is 11.5 Å². The molecule has 0 spiro atoms. The zero-order valence-corrected chi connectivity index (χ0v) is 12.6. The van der Waals surface area contributed by atoms with Gasteiger partial charge in [-0.05, 0) is 18.9 Å². The molecule has 1 aromatic carbocycles. The number of methoxy groups -OCH3 is 1. The lowest BCUT2D eigenvalue weighted by Crippen LogP contribution is -2.38. The average Bonchev–Trinajstić information content (AvgIpc) is 2.39. The third-order valence-electron chi connectivity index (χ3n) is 4.09. The summed E-state index contributed by atoms with van der Waals surface area (Å²) in [4.78, 5) is 0. The summed E-state index contributed by atoms with van der Waals surface area (Å²) >= 11 is 3.36. The molecule has 1 fully saturated rings. The Balaban J connectivity index is 2.59. The second-order valence-electron chi connectivity index (χ2n) is 5.14. The summed E-state index contributed by atoms with van der Waals surface area (Å²) in [5, 5.41) is 9.73. The Labute approximate surface area is 121 Å². The van der Waals surface area contributed by atoms with Gasteiger partial charge in [0.25, 0.3) is 0 Å². The molecule has 0 aromatic heterocycles. The van der Waals surface area contributed by atoms with Gasteiger partial charge in [-0.25, -0.2) is 4.39 Å². The summed E-state index contributed by atoms with van der Waals surface area (Å²) < 4.78 is 20.2. The van der Waals surface area contributed by atoms with Crippen LogP contribution >= 0.6 is 15.9 Å². The Morgan fingerprint density at radius 3 is 2.58 bits per heavy atom. The van der Waals surface area contributed by atoms with Gasteiger partial charge in [0.1, 0.15) is 0 Å². The molecular weight excluding hydrogens is 313 g/mol. The maximum Gasteiger partial charge on any atom is 0.196 e. The highest BCUT2D eigenvalue weighted by Gasteiger charge is 2.38. The third kappa shape index (κ3) is 2.46. The van der Waals surface area contributed by atoms with Crippen molar-refractivity contribution in [2.24, 2.45) is 5.73 Å². The van der Waals surface area contributed by atoms with Crippen LogP contribution in [0.4, 0.5) is 4.39 Å². The second-order valence-corrected chi connectivity index (χ2v) is 6.00. The Kier molecular flexibility index (Phi) is 4.36. The summed E-state index contributed by atoms with van der Waals surface area (Å²) in [5.74, 6) is -0.795. The number of halogens is 2. The van der Waals surface area contributed by atoms with Crippen molar-refractivity contribution < 1.29 is 14.2 Å². The quantitative estimate of drug-likeness (QED) is 0.891. The Bertz CT molecular complexity index is 473. The zero-order chi connectivity index (χ0) is 14.0. The predicted octanol–water partition coefficient (Wildman–Crippen LogP) is 3.46. The van der Waals surface area contributed by atoms with Crippen LogP contribution in [0.2, 0.25) is 0 Å². The van der Waals surface area contributed by atoms with E-state index in [9.17, 15) is 9.50 Å². The summed E-state index contributed by atoms with van der Waals surface area (Å²) in [6, 6.07) is 1.49. The van der Waals surface area contributed by atoms with Gasteiger partial charge in [-0.15, -0.1) is 0 Å². The van der Waals surface area contributed by atoms with Crippen molar-refractivity contribution >= 4 is 15.9 Å². The first-order chi connectivity index (χ1) is 9.05. The van der Waals surface area contributed by atoms with Gasteiger partial charge in [0.2, 0.25) is 0 Å². The molecule has 2 rings (SSSR count). The highest BCUT2D eigenvalue weighted by molar-refractivity contribution is 9.10. The third-order valence-corrected chi connectivity index (χ3v) is 4.72.